The lowest BCUT2D eigenvalue weighted by Crippen LogP contribution is -2.03. The van der Waals surface area contributed by atoms with Crippen molar-refractivity contribution < 1.29 is 4.79 Å². The number of anilines is 1. The van der Waals surface area contributed by atoms with E-state index in [-0.39, 0.29) is 10.7 Å². The first-order valence-corrected chi connectivity index (χ1v) is 8.22. The molecule has 1 aliphatic rings. The van der Waals surface area contributed by atoms with Crippen molar-refractivity contribution in [1.82, 2.24) is 0 Å². The first kappa shape index (κ1) is 15.2. The van der Waals surface area contributed by atoms with Crippen molar-refractivity contribution in [2.24, 2.45) is 0 Å². The Kier molecular flexibility index (Phi) is 4.19. The van der Waals surface area contributed by atoms with Crippen molar-refractivity contribution in [3.63, 3.8) is 0 Å². The van der Waals surface area contributed by atoms with Crippen LogP contribution in [0.3, 0.4) is 0 Å². The predicted octanol–water partition coefficient (Wildman–Crippen LogP) is 5.63. The summed E-state index contributed by atoms with van der Waals surface area (Å²) in [6.45, 7) is 0. The van der Waals surface area contributed by atoms with Crippen LogP contribution in [0, 0.1) is 0 Å². The van der Waals surface area contributed by atoms with Crippen LogP contribution in [-0.2, 0) is 11.2 Å². The van der Waals surface area contributed by atoms with Crippen LogP contribution in [0.25, 0.3) is 0 Å². The molecule has 0 aliphatic carbocycles. The SMILES string of the molecule is O=C1Cc2cc(C(Br)c3ccc(Cl)cc3Cl)c(Cl)cc2N1. The molecule has 2 aromatic rings. The van der Waals surface area contributed by atoms with Gasteiger partial charge in [-0.25, -0.2) is 0 Å². The molecule has 2 aromatic carbocycles. The van der Waals surface area contributed by atoms with Gasteiger partial charge in [0.1, 0.15) is 0 Å². The van der Waals surface area contributed by atoms with Gasteiger partial charge in [0.15, 0.2) is 0 Å². The zero-order chi connectivity index (χ0) is 15.1. The third kappa shape index (κ3) is 2.93. The topological polar surface area (TPSA) is 29.1 Å². The Morgan fingerprint density at radius 1 is 1.05 bits per heavy atom. The summed E-state index contributed by atoms with van der Waals surface area (Å²) in [7, 11) is 0. The molecular weight excluding hydrogens is 396 g/mol. The summed E-state index contributed by atoms with van der Waals surface area (Å²) in [4.78, 5) is 11.3. The molecule has 0 bridgehead atoms. The lowest BCUT2D eigenvalue weighted by Gasteiger charge is -2.15. The standard InChI is InChI=1S/C15H9BrCl3NO/c16-15(9-2-1-8(17)5-11(9)18)10-3-7-4-14(21)20-13(7)6-12(10)19/h1-3,5-6,15H,4H2,(H,20,21). The number of carbonyl (C=O) groups is 1. The van der Waals surface area contributed by atoms with Gasteiger partial charge in [-0.3, -0.25) is 4.79 Å². The van der Waals surface area contributed by atoms with Gasteiger partial charge in [-0.15, -0.1) is 0 Å². The van der Waals surface area contributed by atoms with Gasteiger partial charge in [0.25, 0.3) is 0 Å². The van der Waals surface area contributed by atoms with Crippen LogP contribution >= 0.6 is 50.7 Å². The molecule has 6 heteroatoms. The summed E-state index contributed by atoms with van der Waals surface area (Å²) < 4.78 is 0. The zero-order valence-corrected chi connectivity index (χ0v) is 14.4. The summed E-state index contributed by atoms with van der Waals surface area (Å²) in [5.74, 6) is -0.0196. The maximum atomic E-state index is 11.5. The number of nitrogens with one attached hydrogen (secondary N) is 1. The highest BCUT2D eigenvalue weighted by Gasteiger charge is 2.23. The largest absolute Gasteiger partial charge is 0.325 e. The van der Waals surface area contributed by atoms with Crippen LogP contribution in [0.1, 0.15) is 21.5 Å². The Bertz CT molecular complexity index is 748. The number of halogens is 4. The Hall–Kier alpha value is -0.740. The van der Waals surface area contributed by atoms with Gasteiger partial charge in [0.2, 0.25) is 5.91 Å². The summed E-state index contributed by atoms with van der Waals surface area (Å²) in [5.41, 5.74) is 3.46. The molecule has 0 saturated carbocycles. The van der Waals surface area contributed by atoms with Crippen LogP contribution in [0.4, 0.5) is 5.69 Å². The van der Waals surface area contributed by atoms with E-state index in [9.17, 15) is 4.79 Å². The van der Waals surface area contributed by atoms with Gasteiger partial charge in [0, 0.05) is 20.8 Å². The lowest BCUT2D eigenvalue weighted by molar-refractivity contribution is -0.115. The molecule has 108 valence electrons. The third-order valence-corrected chi connectivity index (χ3v) is 5.23. The molecule has 1 heterocycles. The van der Waals surface area contributed by atoms with E-state index in [1.807, 2.05) is 12.1 Å². The average Bonchev–Trinajstić information content (AvgIpc) is 2.76. The van der Waals surface area contributed by atoms with E-state index < -0.39 is 0 Å². The summed E-state index contributed by atoms with van der Waals surface area (Å²) in [6.07, 6.45) is 0.369. The molecule has 1 aliphatic heterocycles. The van der Waals surface area contributed by atoms with Crippen LogP contribution in [-0.4, -0.2) is 5.91 Å². The molecule has 0 fully saturated rings. The fraction of sp³-hybridized carbons (Fsp3) is 0.133. The van der Waals surface area contributed by atoms with E-state index in [1.165, 1.54) is 0 Å². The van der Waals surface area contributed by atoms with Crippen molar-refractivity contribution in [2.75, 3.05) is 5.32 Å². The number of carbonyl (C=O) groups excluding carboxylic acids is 1. The fourth-order valence-corrected chi connectivity index (χ4v) is 4.17. The van der Waals surface area contributed by atoms with E-state index in [0.717, 1.165) is 22.4 Å². The van der Waals surface area contributed by atoms with E-state index in [1.54, 1.807) is 18.2 Å². The Morgan fingerprint density at radius 2 is 1.76 bits per heavy atom. The molecule has 1 unspecified atom stereocenters. The first-order chi connectivity index (χ1) is 9.95. The molecule has 1 N–H and O–H groups in total. The predicted molar refractivity (Wildman–Crippen MR) is 91.0 cm³/mol. The molecule has 0 spiro atoms. The second kappa shape index (κ2) is 5.81. The second-order valence-electron chi connectivity index (χ2n) is 4.78. The Labute approximate surface area is 145 Å². The van der Waals surface area contributed by atoms with Crippen LogP contribution in [0.5, 0.6) is 0 Å². The number of fused-ring (bicyclic) bond motifs is 1. The molecule has 3 rings (SSSR count). The van der Waals surface area contributed by atoms with E-state index in [0.29, 0.717) is 21.5 Å². The molecule has 21 heavy (non-hydrogen) atoms. The highest BCUT2D eigenvalue weighted by atomic mass is 79.9. The van der Waals surface area contributed by atoms with Gasteiger partial charge in [-0.05, 0) is 34.9 Å². The number of benzene rings is 2. The normalized spacial score (nSPS) is 14.8. The number of amides is 1. The van der Waals surface area contributed by atoms with Gasteiger partial charge >= 0.3 is 0 Å². The third-order valence-electron chi connectivity index (χ3n) is 3.36. The van der Waals surface area contributed by atoms with Crippen LogP contribution < -0.4 is 5.32 Å². The van der Waals surface area contributed by atoms with Crippen molar-refractivity contribution >= 4 is 62.3 Å². The maximum Gasteiger partial charge on any atom is 0.228 e. The fourth-order valence-electron chi connectivity index (χ4n) is 2.34. The van der Waals surface area contributed by atoms with Gasteiger partial charge in [-0.2, -0.15) is 0 Å². The number of rotatable bonds is 2. The highest BCUT2D eigenvalue weighted by Crippen LogP contribution is 2.41. The molecule has 2 nitrogen and oxygen atoms in total. The van der Waals surface area contributed by atoms with Crippen LogP contribution in [0.2, 0.25) is 15.1 Å². The van der Waals surface area contributed by atoms with Crippen molar-refractivity contribution in [2.45, 2.75) is 11.2 Å². The smallest absolute Gasteiger partial charge is 0.228 e. The second-order valence-corrected chi connectivity index (χ2v) is 6.95. The minimum absolute atomic E-state index is 0.0196. The average molecular weight is 406 g/mol. The first-order valence-electron chi connectivity index (χ1n) is 6.17. The van der Waals surface area contributed by atoms with Gasteiger partial charge in [-0.1, -0.05) is 62.9 Å². The Morgan fingerprint density at radius 3 is 2.48 bits per heavy atom. The molecule has 1 atom stereocenters. The van der Waals surface area contributed by atoms with Gasteiger partial charge < -0.3 is 5.32 Å². The summed E-state index contributed by atoms with van der Waals surface area (Å²) in [5, 5.41) is 4.50. The maximum absolute atomic E-state index is 11.5. The summed E-state index contributed by atoms with van der Waals surface area (Å²) >= 11 is 22.1. The van der Waals surface area contributed by atoms with Crippen LogP contribution in [0.15, 0.2) is 30.3 Å². The number of alkyl halides is 1. The number of hydrogen-bond acceptors (Lipinski definition) is 1. The Balaban J connectivity index is 2.04. The molecular formula is C15H9BrCl3NO. The molecule has 1 amide bonds. The molecule has 0 saturated heterocycles. The van der Waals surface area contributed by atoms with E-state index in [4.69, 9.17) is 34.8 Å². The monoisotopic (exact) mass is 403 g/mol. The van der Waals surface area contributed by atoms with E-state index >= 15 is 0 Å². The number of hydrogen-bond donors (Lipinski definition) is 1. The van der Waals surface area contributed by atoms with E-state index in [2.05, 4.69) is 21.2 Å². The molecule has 0 aromatic heterocycles. The molecule has 0 radical (unpaired) electrons. The lowest BCUT2D eigenvalue weighted by atomic mass is 10.0. The minimum atomic E-state index is -0.171. The minimum Gasteiger partial charge on any atom is -0.325 e. The summed E-state index contributed by atoms with van der Waals surface area (Å²) in [6, 6.07) is 9.04. The van der Waals surface area contributed by atoms with Crippen molar-refractivity contribution in [3.05, 3.63) is 62.1 Å². The zero-order valence-electron chi connectivity index (χ0n) is 10.6. The van der Waals surface area contributed by atoms with Gasteiger partial charge in [0.05, 0.1) is 11.2 Å². The quantitative estimate of drug-likeness (QED) is 0.645. The van der Waals surface area contributed by atoms with Crippen molar-refractivity contribution in [3.8, 4) is 0 Å². The highest BCUT2D eigenvalue weighted by molar-refractivity contribution is 9.09. The van der Waals surface area contributed by atoms with Crippen molar-refractivity contribution in [1.29, 1.82) is 0 Å².